The lowest BCUT2D eigenvalue weighted by Gasteiger charge is -2.23. The Labute approximate surface area is 156 Å². The zero-order valence-electron chi connectivity index (χ0n) is 15.5. The predicted molar refractivity (Wildman–Crippen MR) is 88.3 cm³/mol. The Balaban J connectivity index is 1.84. The molecule has 3 rings (SSSR count). The van der Waals surface area contributed by atoms with Crippen LogP contribution in [0.2, 0.25) is 0 Å². The molecule has 1 saturated heterocycles. The van der Waals surface area contributed by atoms with Crippen LogP contribution in [-0.4, -0.2) is 57.8 Å². The zero-order valence-corrected chi connectivity index (χ0v) is 15.5. The molecule has 0 aromatic carbocycles. The Hall–Kier alpha value is -2.49. The molecular weight excluding hydrogens is 358 g/mol. The third-order valence-corrected chi connectivity index (χ3v) is 4.65. The van der Waals surface area contributed by atoms with Gasteiger partial charge in [-0.1, -0.05) is 11.6 Å². The molecule has 2 unspecified atom stereocenters. The van der Waals surface area contributed by atoms with Crippen LogP contribution in [0.25, 0.3) is 0 Å². The third kappa shape index (κ3) is 4.44. The van der Waals surface area contributed by atoms with Gasteiger partial charge in [0.1, 0.15) is 12.7 Å². The number of hydrogen-bond donors (Lipinski definition) is 0. The number of rotatable bonds is 6. The summed E-state index contributed by atoms with van der Waals surface area (Å²) in [4.78, 5) is 34.3. The highest BCUT2D eigenvalue weighted by molar-refractivity contribution is 5.67. The fraction of sp³-hybridized carbons (Fsp3) is 0.706. The fourth-order valence-electron chi connectivity index (χ4n) is 3.21. The summed E-state index contributed by atoms with van der Waals surface area (Å²) in [6, 6.07) is 0. The molecule has 0 N–H and O–H groups in total. The van der Waals surface area contributed by atoms with Crippen LogP contribution in [-0.2, 0) is 33.3 Å². The minimum Gasteiger partial charge on any atom is -0.463 e. The summed E-state index contributed by atoms with van der Waals surface area (Å²) in [5.74, 6) is -1.25. The third-order valence-electron chi connectivity index (χ3n) is 4.65. The van der Waals surface area contributed by atoms with Gasteiger partial charge in [0.05, 0.1) is 11.9 Å². The molecule has 2 fully saturated rings. The van der Waals surface area contributed by atoms with Crippen molar-refractivity contribution in [1.82, 2.24) is 15.0 Å². The molecule has 0 bridgehead atoms. The van der Waals surface area contributed by atoms with Crippen LogP contribution < -0.4 is 0 Å². The van der Waals surface area contributed by atoms with Gasteiger partial charge in [-0.15, -0.1) is 5.10 Å². The quantitative estimate of drug-likeness (QED) is 0.522. The van der Waals surface area contributed by atoms with E-state index in [9.17, 15) is 14.4 Å². The highest BCUT2D eigenvalue weighted by Crippen LogP contribution is 2.37. The monoisotopic (exact) mass is 381 g/mol. The summed E-state index contributed by atoms with van der Waals surface area (Å²) in [7, 11) is 0. The Bertz CT molecular complexity index is 715. The second-order valence-electron chi connectivity index (χ2n) is 6.77. The van der Waals surface area contributed by atoms with E-state index in [4.69, 9.17) is 18.9 Å². The minimum atomic E-state index is -0.942. The molecule has 4 atom stereocenters. The molecule has 27 heavy (non-hydrogen) atoms. The van der Waals surface area contributed by atoms with Crippen molar-refractivity contribution in [2.75, 3.05) is 6.61 Å². The van der Waals surface area contributed by atoms with E-state index >= 15 is 0 Å². The summed E-state index contributed by atoms with van der Waals surface area (Å²) < 4.78 is 23.0. The van der Waals surface area contributed by atoms with Crippen LogP contribution in [0.1, 0.15) is 57.9 Å². The van der Waals surface area contributed by atoms with Crippen LogP contribution in [0.4, 0.5) is 0 Å². The summed E-state index contributed by atoms with van der Waals surface area (Å²) in [6.07, 6.45) is 1.50. The molecule has 0 amide bonds. The van der Waals surface area contributed by atoms with Crippen molar-refractivity contribution in [2.24, 2.45) is 0 Å². The molecule has 148 valence electrons. The molecule has 2 aliphatic rings. The number of ether oxygens (including phenoxy) is 4. The molecule has 1 aliphatic heterocycles. The molecule has 1 aromatic heterocycles. The van der Waals surface area contributed by atoms with Gasteiger partial charge in [0.2, 0.25) is 0 Å². The number of nitrogens with zero attached hydrogens (tertiary/aromatic N) is 3. The van der Waals surface area contributed by atoms with Gasteiger partial charge in [-0.05, 0) is 12.8 Å². The standard InChI is InChI=1S/C17H23N3O7/c1-9(21)24-8-14-15(25-10(2)22)16(26-11(3)23)17(27-14)20-7-13(18-19-20)12-5-4-6-12/h7,12,14-17H,4-6,8H2,1-3H3/t14-,15?,16?,17-/m1/s1. The molecule has 2 heterocycles. The first-order valence-corrected chi connectivity index (χ1v) is 8.90. The van der Waals surface area contributed by atoms with Crippen molar-refractivity contribution in [2.45, 2.75) is 70.5 Å². The largest absolute Gasteiger partial charge is 0.463 e. The van der Waals surface area contributed by atoms with Crippen molar-refractivity contribution >= 4 is 17.9 Å². The van der Waals surface area contributed by atoms with E-state index in [2.05, 4.69) is 10.3 Å². The second kappa shape index (κ2) is 8.03. The van der Waals surface area contributed by atoms with Crippen molar-refractivity contribution < 1.29 is 33.3 Å². The molecule has 1 aromatic rings. The first-order valence-electron chi connectivity index (χ1n) is 8.90. The van der Waals surface area contributed by atoms with E-state index in [1.165, 1.54) is 25.5 Å². The normalized spacial score (nSPS) is 27.7. The molecule has 0 radical (unpaired) electrons. The fourth-order valence-corrected chi connectivity index (χ4v) is 3.21. The minimum absolute atomic E-state index is 0.147. The Morgan fingerprint density at radius 2 is 1.78 bits per heavy atom. The van der Waals surface area contributed by atoms with Crippen molar-refractivity contribution in [3.63, 3.8) is 0 Å². The van der Waals surface area contributed by atoms with E-state index in [1.807, 2.05) is 0 Å². The summed E-state index contributed by atoms with van der Waals surface area (Å²) >= 11 is 0. The van der Waals surface area contributed by atoms with Gasteiger partial charge >= 0.3 is 17.9 Å². The summed E-state index contributed by atoms with van der Waals surface area (Å²) in [6.45, 7) is 3.61. The SMILES string of the molecule is CC(=O)OC[C@H]1O[C@@H](n2cc(C3CCC3)nn2)C(OC(C)=O)C1OC(C)=O. The van der Waals surface area contributed by atoms with Crippen LogP contribution in [0.15, 0.2) is 6.20 Å². The highest BCUT2D eigenvalue weighted by Gasteiger charge is 2.51. The van der Waals surface area contributed by atoms with Crippen LogP contribution in [0.3, 0.4) is 0 Å². The number of carbonyl (C=O) groups is 3. The Kier molecular flexibility index (Phi) is 5.73. The Morgan fingerprint density at radius 3 is 2.33 bits per heavy atom. The van der Waals surface area contributed by atoms with E-state index in [-0.39, 0.29) is 6.61 Å². The summed E-state index contributed by atoms with van der Waals surface area (Å²) in [5, 5.41) is 8.29. The molecule has 1 saturated carbocycles. The second-order valence-corrected chi connectivity index (χ2v) is 6.77. The summed E-state index contributed by atoms with van der Waals surface area (Å²) in [5.41, 5.74) is 0.846. The smallest absolute Gasteiger partial charge is 0.303 e. The maximum Gasteiger partial charge on any atom is 0.303 e. The highest BCUT2D eigenvalue weighted by atomic mass is 16.7. The van der Waals surface area contributed by atoms with Gasteiger partial charge in [-0.2, -0.15) is 0 Å². The van der Waals surface area contributed by atoms with E-state index < -0.39 is 42.4 Å². The van der Waals surface area contributed by atoms with Crippen LogP contribution >= 0.6 is 0 Å². The first-order chi connectivity index (χ1) is 12.8. The van der Waals surface area contributed by atoms with Gasteiger partial charge in [0, 0.05) is 26.7 Å². The maximum absolute atomic E-state index is 11.6. The topological polar surface area (TPSA) is 119 Å². The van der Waals surface area contributed by atoms with Crippen LogP contribution in [0, 0.1) is 0 Å². The average Bonchev–Trinajstić information content (AvgIpc) is 3.09. The lowest BCUT2D eigenvalue weighted by molar-refractivity contribution is -0.166. The van der Waals surface area contributed by atoms with Gasteiger partial charge < -0.3 is 18.9 Å². The number of esters is 3. The average molecular weight is 381 g/mol. The van der Waals surface area contributed by atoms with E-state index in [0.29, 0.717) is 5.92 Å². The Morgan fingerprint density at radius 1 is 1.11 bits per heavy atom. The molecule has 10 nitrogen and oxygen atoms in total. The lowest BCUT2D eigenvalue weighted by atomic mass is 9.83. The van der Waals surface area contributed by atoms with Crippen molar-refractivity contribution in [1.29, 1.82) is 0 Å². The molecule has 0 spiro atoms. The predicted octanol–water partition coefficient (Wildman–Crippen LogP) is 0.869. The van der Waals surface area contributed by atoms with Gasteiger partial charge in [0.15, 0.2) is 18.4 Å². The number of hydrogen-bond acceptors (Lipinski definition) is 9. The van der Waals surface area contributed by atoms with Gasteiger partial charge in [-0.25, -0.2) is 4.68 Å². The molecular formula is C17H23N3O7. The number of carbonyl (C=O) groups excluding carboxylic acids is 3. The molecule has 1 aliphatic carbocycles. The zero-order chi connectivity index (χ0) is 19.6. The lowest BCUT2D eigenvalue weighted by Crippen LogP contribution is -2.40. The maximum atomic E-state index is 11.6. The first kappa shape index (κ1) is 19.3. The van der Waals surface area contributed by atoms with Crippen LogP contribution in [0.5, 0.6) is 0 Å². The van der Waals surface area contributed by atoms with Crippen molar-refractivity contribution in [3.8, 4) is 0 Å². The number of aromatic nitrogens is 3. The van der Waals surface area contributed by atoms with E-state index in [0.717, 1.165) is 25.0 Å². The van der Waals surface area contributed by atoms with Gasteiger partial charge in [-0.3, -0.25) is 14.4 Å². The molecule has 10 heteroatoms. The van der Waals surface area contributed by atoms with E-state index in [1.54, 1.807) is 6.20 Å². The van der Waals surface area contributed by atoms with Gasteiger partial charge in [0.25, 0.3) is 0 Å². The van der Waals surface area contributed by atoms with Crippen molar-refractivity contribution in [3.05, 3.63) is 11.9 Å².